The number of fused-ring (bicyclic) bond motifs is 2. The van der Waals surface area contributed by atoms with Gasteiger partial charge in [0.05, 0.1) is 16.6 Å². The maximum Gasteiger partial charge on any atom is 0.196 e. The van der Waals surface area contributed by atoms with Gasteiger partial charge in [-0.3, -0.25) is 4.79 Å². The largest absolute Gasteiger partial charge is 0.383 e. The Morgan fingerprint density at radius 3 is 2.53 bits per heavy atom. The Kier molecular flexibility index (Phi) is 5.77. The van der Waals surface area contributed by atoms with Crippen molar-refractivity contribution in [2.75, 3.05) is 49.5 Å². The van der Waals surface area contributed by atoms with E-state index in [-0.39, 0.29) is 5.78 Å². The van der Waals surface area contributed by atoms with Crippen LogP contribution in [0, 0.1) is 5.92 Å². The highest BCUT2D eigenvalue weighted by Crippen LogP contribution is 2.46. The van der Waals surface area contributed by atoms with E-state index in [0.29, 0.717) is 5.56 Å². The Morgan fingerprint density at radius 1 is 1.03 bits per heavy atom. The van der Waals surface area contributed by atoms with Crippen LogP contribution in [0.1, 0.15) is 61.4 Å². The molecule has 0 spiro atoms. The van der Waals surface area contributed by atoms with Crippen molar-refractivity contribution in [3.05, 3.63) is 41.5 Å². The van der Waals surface area contributed by atoms with Gasteiger partial charge in [0.1, 0.15) is 5.52 Å². The zero-order valence-electron chi connectivity index (χ0n) is 20.1. The molecule has 6 heteroatoms. The van der Waals surface area contributed by atoms with Gasteiger partial charge in [0.2, 0.25) is 0 Å². The van der Waals surface area contributed by atoms with Crippen LogP contribution in [0.5, 0.6) is 0 Å². The minimum Gasteiger partial charge on any atom is -0.383 e. The van der Waals surface area contributed by atoms with E-state index in [2.05, 4.69) is 33.3 Å². The minimum atomic E-state index is 0.0630. The highest BCUT2D eigenvalue weighted by molar-refractivity contribution is 6.28. The van der Waals surface area contributed by atoms with Gasteiger partial charge in [0, 0.05) is 43.0 Å². The third-order valence-electron chi connectivity index (χ3n) is 7.94. The fraction of sp³-hybridized carbons (Fsp3) is 0.500. The normalized spacial score (nSPS) is 19.3. The smallest absolute Gasteiger partial charge is 0.196 e. The van der Waals surface area contributed by atoms with Crippen LogP contribution >= 0.6 is 0 Å². The van der Waals surface area contributed by atoms with Gasteiger partial charge >= 0.3 is 0 Å². The second-order valence-electron chi connectivity index (χ2n) is 10.3. The predicted molar refractivity (Wildman–Crippen MR) is 137 cm³/mol. The van der Waals surface area contributed by atoms with Crippen molar-refractivity contribution in [3.8, 4) is 11.3 Å². The molecule has 0 saturated carbocycles. The van der Waals surface area contributed by atoms with Gasteiger partial charge < -0.3 is 19.6 Å². The van der Waals surface area contributed by atoms with Crippen molar-refractivity contribution >= 4 is 28.1 Å². The van der Waals surface area contributed by atoms with E-state index in [9.17, 15) is 4.79 Å². The summed E-state index contributed by atoms with van der Waals surface area (Å²) in [6, 6.07) is 9.92. The molecular weight excluding hydrogens is 424 g/mol. The second-order valence-corrected chi connectivity index (χ2v) is 10.3. The number of rotatable bonds is 5. The van der Waals surface area contributed by atoms with Gasteiger partial charge in [-0.2, -0.15) is 0 Å². The summed E-state index contributed by atoms with van der Waals surface area (Å²) in [4.78, 5) is 18.7. The Balaban J connectivity index is 1.40. The third-order valence-corrected chi connectivity index (χ3v) is 7.94. The Labute approximate surface area is 201 Å². The van der Waals surface area contributed by atoms with E-state index in [0.717, 1.165) is 84.4 Å². The molecule has 1 N–H and O–H groups in total. The maximum atomic E-state index is 13.7. The molecule has 178 valence electrons. The number of hydrogen-bond acceptors (Lipinski definition) is 6. The second kappa shape index (κ2) is 9.06. The molecule has 0 amide bonds. The van der Waals surface area contributed by atoms with Crippen molar-refractivity contribution in [1.82, 2.24) is 10.1 Å². The number of nitrogens with zero attached hydrogens (tertiary/aromatic N) is 3. The molecule has 3 aliphatic rings. The number of piperidine rings is 1. The lowest BCUT2D eigenvalue weighted by Gasteiger charge is -2.30. The Hall–Kier alpha value is -2.86. The standard InChI is InChI=1S/C28H34N4O2/c1-19-10-15-31(16-11-19)17-12-29-22-18-23(32-13-6-2-3-7-14-32)26-25-24(22)27(33)20-8-4-5-9-21(20)28(25)34-30-26/h4-5,8-9,18-19,29H,2-3,6-7,10-17H2,1H3. The highest BCUT2D eigenvalue weighted by Gasteiger charge is 2.33. The average molecular weight is 459 g/mol. The fourth-order valence-electron chi connectivity index (χ4n) is 5.87. The summed E-state index contributed by atoms with van der Waals surface area (Å²) < 4.78 is 5.93. The van der Waals surface area contributed by atoms with Gasteiger partial charge in [-0.05, 0) is 50.8 Å². The van der Waals surface area contributed by atoms with Crippen molar-refractivity contribution in [1.29, 1.82) is 0 Å². The Morgan fingerprint density at radius 2 is 1.76 bits per heavy atom. The zero-order valence-corrected chi connectivity index (χ0v) is 20.1. The molecule has 1 aromatic heterocycles. The van der Waals surface area contributed by atoms with Crippen LogP contribution in [0.3, 0.4) is 0 Å². The lowest BCUT2D eigenvalue weighted by Crippen LogP contribution is -2.36. The molecule has 6 nitrogen and oxygen atoms in total. The summed E-state index contributed by atoms with van der Waals surface area (Å²) in [6.07, 6.45) is 7.46. The van der Waals surface area contributed by atoms with Gasteiger partial charge in [-0.1, -0.05) is 49.2 Å². The third kappa shape index (κ3) is 3.78. The van der Waals surface area contributed by atoms with E-state index < -0.39 is 0 Å². The highest BCUT2D eigenvalue weighted by atomic mass is 16.5. The number of aromatic nitrogens is 1. The molecule has 0 radical (unpaired) electrons. The van der Waals surface area contributed by atoms with E-state index in [1.54, 1.807) is 0 Å². The summed E-state index contributed by atoms with van der Waals surface area (Å²) in [6.45, 7) is 8.52. The van der Waals surface area contributed by atoms with Crippen LogP contribution < -0.4 is 10.2 Å². The number of carbonyl (C=O) groups excluding carboxylic acids is 1. The zero-order chi connectivity index (χ0) is 23.1. The quantitative estimate of drug-likeness (QED) is 0.422. The molecule has 3 aromatic rings. The minimum absolute atomic E-state index is 0.0630. The number of hydrogen-bond donors (Lipinski definition) is 1. The predicted octanol–water partition coefficient (Wildman–Crippen LogP) is 5.56. The van der Waals surface area contributed by atoms with Gasteiger partial charge in [-0.15, -0.1) is 0 Å². The first-order valence-electron chi connectivity index (χ1n) is 13.0. The number of benzene rings is 2. The fourth-order valence-corrected chi connectivity index (χ4v) is 5.87. The molecular formula is C28H34N4O2. The summed E-state index contributed by atoms with van der Waals surface area (Å²) in [5.74, 6) is 1.62. The monoisotopic (exact) mass is 458 g/mol. The molecule has 6 rings (SSSR count). The topological polar surface area (TPSA) is 61.6 Å². The SMILES string of the molecule is CC1CCN(CCNc2cc(N3CCCCCC3)c3noc4c3c2C(=O)c2ccccc2-4)CC1. The van der Waals surface area contributed by atoms with Crippen LogP contribution in [-0.2, 0) is 0 Å². The maximum absolute atomic E-state index is 13.7. The first-order valence-corrected chi connectivity index (χ1v) is 13.0. The van der Waals surface area contributed by atoms with Crippen LogP contribution in [-0.4, -0.2) is 55.1 Å². The molecule has 0 bridgehead atoms. The van der Waals surface area contributed by atoms with Crippen LogP contribution in [0.15, 0.2) is 34.9 Å². The molecule has 3 heterocycles. The Bertz CT molecular complexity index is 1200. The van der Waals surface area contributed by atoms with Gasteiger partial charge in [-0.25, -0.2) is 0 Å². The number of nitrogens with one attached hydrogen (secondary N) is 1. The molecule has 0 unspecified atom stereocenters. The number of likely N-dealkylation sites (tertiary alicyclic amines) is 1. The van der Waals surface area contributed by atoms with Gasteiger partial charge in [0.25, 0.3) is 0 Å². The van der Waals surface area contributed by atoms with Crippen LogP contribution in [0.25, 0.3) is 22.2 Å². The van der Waals surface area contributed by atoms with Crippen molar-refractivity contribution in [3.63, 3.8) is 0 Å². The van der Waals surface area contributed by atoms with E-state index in [1.165, 1.54) is 38.5 Å². The molecule has 0 atom stereocenters. The summed E-state index contributed by atoms with van der Waals surface area (Å²) >= 11 is 0. The van der Waals surface area contributed by atoms with Crippen molar-refractivity contribution in [2.45, 2.75) is 45.4 Å². The molecule has 1 aliphatic carbocycles. The van der Waals surface area contributed by atoms with Gasteiger partial charge in [0.15, 0.2) is 11.5 Å². The summed E-state index contributed by atoms with van der Waals surface area (Å²) in [5.41, 5.74) is 5.10. The molecule has 34 heavy (non-hydrogen) atoms. The first kappa shape index (κ1) is 21.7. The van der Waals surface area contributed by atoms with Crippen LogP contribution in [0.2, 0.25) is 0 Å². The molecule has 2 fully saturated rings. The van der Waals surface area contributed by atoms with Crippen molar-refractivity contribution < 1.29 is 9.32 Å². The number of anilines is 2. The van der Waals surface area contributed by atoms with E-state index in [4.69, 9.17) is 4.52 Å². The molecule has 2 aliphatic heterocycles. The first-order chi connectivity index (χ1) is 16.7. The van der Waals surface area contributed by atoms with E-state index in [1.807, 2.05) is 24.3 Å². The number of carbonyl (C=O) groups is 1. The average Bonchev–Trinajstić information content (AvgIpc) is 3.12. The van der Waals surface area contributed by atoms with Crippen molar-refractivity contribution in [2.24, 2.45) is 5.92 Å². The number of ketones is 1. The lowest BCUT2D eigenvalue weighted by atomic mass is 9.86. The van der Waals surface area contributed by atoms with Crippen LogP contribution in [0.4, 0.5) is 11.4 Å². The summed E-state index contributed by atoms with van der Waals surface area (Å²) in [5, 5.41) is 9.06. The molecule has 2 aromatic carbocycles. The lowest BCUT2D eigenvalue weighted by molar-refractivity contribution is 0.104. The van der Waals surface area contributed by atoms with E-state index >= 15 is 0 Å². The molecule has 2 saturated heterocycles. The summed E-state index contributed by atoms with van der Waals surface area (Å²) in [7, 11) is 0.